The maximum Gasteiger partial charge on any atom is 0.153 e. The predicted molar refractivity (Wildman–Crippen MR) is 64.6 cm³/mol. The highest BCUT2D eigenvalue weighted by Crippen LogP contribution is 2.31. The Morgan fingerprint density at radius 2 is 2.22 bits per heavy atom. The lowest BCUT2D eigenvalue weighted by Crippen LogP contribution is -2.03. The second kappa shape index (κ2) is 4.85. The number of hydrogen-bond donors (Lipinski definition) is 2. The highest BCUT2D eigenvalue weighted by atomic mass is 15.4. The van der Waals surface area contributed by atoms with Crippen molar-refractivity contribution in [1.82, 2.24) is 30.2 Å². The molecule has 0 radical (unpaired) electrons. The van der Waals surface area contributed by atoms with Gasteiger partial charge in [0.1, 0.15) is 12.4 Å². The largest absolute Gasteiger partial charge is 0.325 e. The molecule has 0 saturated heterocycles. The fraction of sp³-hybridized carbons (Fsp3) is 0.636. The van der Waals surface area contributed by atoms with Crippen molar-refractivity contribution in [2.24, 2.45) is 5.73 Å². The molecule has 0 amide bonds. The summed E-state index contributed by atoms with van der Waals surface area (Å²) < 4.78 is 1.72. The molecule has 0 spiro atoms. The Hall–Kier alpha value is -1.76. The maximum absolute atomic E-state index is 5.49. The summed E-state index contributed by atoms with van der Waals surface area (Å²) in [5, 5.41) is 15.2. The van der Waals surface area contributed by atoms with Crippen LogP contribution in [0.1, 0.15) is 48.9 Å². The number of nitrogens with two attached hydrogens (primary N) is 1. The van der Waals surface area contributed by atoms with E-state index in [2.05, 4.69) is 25.5 Å². The summed E-state index contributed by atoms with van der Waals surface area (Å²) in [7, 11) is 0. The van der Waals surface area contributed by atoms with E-state index in [4.69, 9.17) is 5.73 Å². The third-order valence-corrected chi connectivity index (χ3v) is 3.38. The summed E-state index contributed by atoms with van der Waals surface area (Å²) in [4.78, 5) is 4.54. The van der Waals surface area contributed by atoms with Crippen molar-refractivity contribution in [3.8, 4) is 0 Å². The molecule has 1 aliphatic carbocycles. The lowest BCUT2D eigenvalue weighted by atomic mass is 10.1. The van der Waals surface area contributed by atoms with Crippen LogP contribution in [-0.2, 0) is 13.1 Å². The van der Waals surface area contributed by atoms with Crippen LogP contribution < -0.4 is 5.73 Å². The van der Waals surface area contributed by atoms with Crippen LogP contribution in [0.4, 0.5) is 0 Å². The van der Waals surface area contributed by atoms with E-state index < -0.39 is 0 Å². The first kappa shape index (κ1) is 11.3. The lowest BCUT2D eigenvalue weighted by Gasteiger charge is -2.00. The molecule has 2 aromatic rings. The minimum absolute atomic E-state index is 0.406. The third kappa shape index (κ3) is 2.26. The van der Waals surface area contributed by atoms with Crippen LogP contribution in [0.15, 0.2) is 6.20 Å². The van der Waals surface area contributed by atoms with Gasteiger partial charge in [-0.05, 0) is 12.8 Å². The van der Waals surface area contributed by atoms with Gasteiger partial charge in [0.2, 0.25) is 0 Å². The first-order chi connectivity index (χ1) is 8.85. The molecule has 1 saturated carbocycles. The first-order valence-corrected chi connectivity index (χ1v) is 6.35. The van der Waals surface area contributed by atoms with Crippen molar-refractivity contribution in [1.29, 1.82) is 0 Å². The molecular weight excluding hydrogens is 230 g/mol. The van der Waals surface area contributed by atoms with Gasteiger partial charge in [0.05, 0.1) is 11.9 Å². The van der Waals surface area contributed by atoms with E-state index in [-0.39, 0.29) is 0 Å². The normalized spacial score (nSPS) is 16.5. The minimum Gasteiger partial charge on any atom is -0.325 e. The molecule has 7 nitrogen and oxygen atoms in total. The van der Waals surface area contributed by atoms with Gasteiger partial charge in [0.15, 0.2) is 5.82 Å². The molecule has 0 aliphatic heterocycles. The van der Waals surface area contributed by atoms with Crippen LogP contribution in [0, 0.1) is 0 Å². The standard InChI is InChI=1S/C11H17N7/c12-5-9-6-18(17-14-9)7-10-13-11(16-15-10)8-3-1-2-4-8/h6,8H,1-5,7,12H2,(H,13,15,16). The van der Waals surface area contributed by atoms with Crippen LogP contribution in [0.25, 0.3) is 0 Å². The van der Waals surface area contributed by atoms with E-state index in [9.17, 15) is 0 Å². The van der Waals surface area contributed by atoms with Crippen LogP contribution in [0.3, 0.4) is 0 Å². The molecule has 2 heterocycles. The highest BCUT2D eigenvalue weighted by Gasteiger charge is 2.21. The molecular formula is C11H17N7. The van der Waals surface area contributed by atoms with E-state index in [1.165, 1.54) is 25.7 Å². The van der Waals surface area contributed by atoms with Crippen LogP contribution in [0.2, 0.25) is 0 Å². The van der Waals surface area contributed by atoms with Crippen molar-refractivity contribution in [2.75, 3.05) is 0 Å². The zero-order chi connectivity index (χ0) is 12.4. The summed E-state index contributed by atoms with van der Waals surface area (Å²) in [5.41, 5.74) is 6.27. The second-order valence-electron chi connectivity index (χ2n) is 4.73. The van der Waals surface area contributed by atoms with E-state index >= 15 is 0 Å². The van der Waals surface area contributed by atoms with Crippen molar-refractivity contribution < 1.29 is 0 Å². The monoisotopic (exact) mass is 247 g/mol. The lowest BCUT2D eigenvalue weighted by molar-refractivity contribution is 0.624. The smallest absolute Gasteiger partial charge is 0.153 e. The van der Waals surface area contributed by atoms with Crippen LogP contribution in [-0.4, -0.2) is 30.2 Å². The number of aromatic nitrogens is 6. The first-order valence-electron chi connectivity index (χ1n) is 6.35. The summed E-state index contributed by atoms with van der Waals surface area (Å²) in [6.07, 6.45) is 6.82. The number of nitrogens with one attached hydrogen (secondary N) is 1. The summed E-state index contributed by atoms with van der Waals surface area (Å²) in [5.74, 6) is 2.30. The van der Waals surface area contributed by atoms with Gasteiger partial charge in [-0.3, -0.25) is 5.10 Å². The summed E-state index contributed by atoms with van der Waals surface area (Å²) in [6, 6.07) is 0. The molecule has 0 unspecified atom stereocenters. The van der Waals surface area contributed by atoms with Gasteiger partial charge in [0.25, 0.3) is 0 Å². The van der Waals surface area contributed by atoms with E-state index in [1.807, 2.05) is 6.20 Å². The Kier molecular flexibility index (Phi) is 3.06. The molecule has 7 heteroatoms. The molecule has 2 aromatic heterocycles. The summed E-state index contributed by atoms with van der Waals surface area (Å²) in [6.45, 7) is 0.969. The topological polar surface area (TPSA) is 98.3 Å². The zero-order valence-electron chi connectivity index (χ0n) is 10.2. The van der Waals surface area contributed by atoms with Gasteiger partial charge >= 0.3 is 0 Å². The van der Waals surface area contributed by atoms with Gasteiger partial charge in [-0.25, -0.2) is 9.67 Å². The van der Waals surface area contributed by atoms with E-state index in [0.717, 1.165) is 17.3 Å². The zero-order valence-corrected chi connectivity index (χ0v) is 10.2. The quantitative estimate of drug-likeness (QED) is 0.822. The van der Waals surface area contributed by atoms with Crippen molar-refractivity contribution in [3.05, 3.63) is 23.5 Å². The minimum atomic E-state index is 0.406. The Morgan fingerprint density at radius 3 is 2.94 bits per heavy atom. The van der Waals surface area contributed by atoms with Gasteiger partial charge in [-0.1, -0.05) is 18.1 Å². The number of rotatable bonds is 4. The molecule has 1 aliphatic rings. The predicted octanol–water partition coefficient (Wildman–Crippen LogP) is 0.561. The second-order valence-corrected chi connectivity index (χ2v) is 4.73. The molecule has 0 bridgehead atoms. The number of aromatic amines is 1. The van der Waals surface area contributed by atoms with Gasteiger partial charge < -0.3 is 5.73 Å². The van der Waals surface area contributed by atoms with Crippen LogP contribution >= 0.6 is 0 Å². The molecule has 3 rings (SSSR count). The van der Waals surface area contributed by atoms with E-state index in [0.29, 0.717) is 19.0 Å². The van der Waals surface area contributed by atoms with Crippen molar-refractivity contribution >= 4 is 0 Å². The SMILES string of the molecule is NCc1cn(Cc2nc(C3CCCC3)n[nH]2)nn1. The Labute approximate surface area is 105 Å². The molecule has 1 fully saturated rings. The molecule has 96 valence electrons. The Morgan fingerprint density at radius 1 is 1.39 bits per heavy atom. The number of hydrogen-bond acceptors (Lipinski definition) is 5. The van der Waals surface area contributed by atoms with E-state index in [1.54, 1.807) is 4.68 Å². The molecule has 0 aromatic carbocycles. The maximum atomic E-state index is 5.49. The van der Waals surface area contributed by atoms with Gasteiger partial charge in [0, 0.05) is 12.5 Å². The Bertz CT molecular complexity index is 509. The van der Waals surface area contributed by atoms with Crippen LogP contribution in [0.5, 0.6) is 0 Å². The number of nitrogens with zero attached hydrogens (tertiary/aromatic N) is 5. The summed E-state index contributed by atoms with van der Waals surface area (Å²) >= 11 is 0. The number of H-pyrrole nitrogens is 1. The van der Waals surface area contributed by atoms with Crippen molar-refractivity contribution in [3.63, 3.8) is 0 Å². The Balaban J connectivity index is 1.69. The molecule has 18 heavy (non-hydrogen) atoms. The van der Waals surface area contributed by atoms with Gasteiger partial charge in [-0.2, -0.15) is 5.10 Å². The average Bonchev–Trinajstić information content (AvgIpc) is 3.10. The molecule has 3 N–H and O–H groups in total. The van der Waals surface area contributed by atoms with Gasteiger partial charge in [-0.15, -0.1) is 5.10 Å². The van der Waals surface area contributed by atoms with Crippen molar-refractivity contribution in [2.45, 2.75) is 44.7 Å². The average molecular weight is 247 g/mol. The fourth-order valence-corrected chi connectivity index (χ4v) is 2.41. The highest BCUT2D eigenvalue weighted by molar-refractivity contribution is 5.01. The fourth-order valence-electron chi connectivity index (χ4n) is 2.41. The third-order valence-electron chi connectivity index (χ3n) is 3.38. The molecule has 0 atom stereocenters.